The lowest BCUT2D eigenvalue weighted by Gasteiger charge is -2.15. The molecule has 102 valence electrons. The second-order valence-electron chi connectivity index (χ2n) is 5.19. The highest BCUT2D eigenvalue weighted by molar-refractivity contribution is 5.41. The Kier molecular flexibility index (Phi) is 6.47. The van der Waals surface area contributed by atoms with Crippen molar-refractivity contribution in [3.8, 4) is 0 Å². The number of hydrogen-bond donors (Lipinski definition) is 2. The molecule has 0 bridgehead atoms. The van der Waals surface area contributed by atoms with Crippen LogP contribution in [0.2, 0.25) is 0 Å². The molecular weight excluding hydrogens is 224 g/mol. The normalized spacial score (nSPS) is 12.5. The summed E-state index contributed by atoms with van der Waals surface area (Å²) in [6.07, 6.45) is 7.24. The topological polar surface area (TPSA) is 49.8 Å². The van der Waals surface area contributed by atoms with Crippen LogP contribution in [-0.4, -0.2) is 22.6 Å². The van der Waals surface area contributed by atoms with Gasteiger partial charge >= 0.3 is 0 Å². The molecule has 1 atom stereocenters. The molecule has 1 aromatic rings. The largest absolute Gasteiger partial charge is 0.369 e. The Morgan fingerprint density at radius 3 is 2.50 bits per heavy atom. The van der Waals surface area contributed by atoms with E-state index in [1.807, 2.05) is 0 Å². The van der Waals surface area contributed by atoms with Crippen LogP contribution in [-0.2, 0) is 0 Å². The molecule has 0 aliphatic rings. The van der Waals surface area contributed by atoms with Crippen molar-refractivity contribution >= 4 is 11.6 Å². The maximum atomic E-state index is 4.46. The molecule has 18 heavy (non-hydrogen) atoms. The molecule has 1 heterocycles. The fraction of sp³-hybridized carbons (Fsp3) is 0.714. The van der Waals surface area contributed by atoms with Crippen molar-refractivity contribution < 1.29 is 0 Å². The first kappa shape index (κ1) is 14.7. The molecule has 1 rings (SSSR count). The van der Waals surface area contributed by atoms with E-state index in [0.29, 0.717) is 6.04 Å². The van der Waals surface area contributed by atoms with E-state index in [9.17, 15) is 0 Å². The van der Waals surface area contributed by atoms with Crippen molar-refractivity contribution in [2.75, 3.05) is 17.2 Å². The van der Waals surface area contributed by atoms with Gasteiger partial charge in [-0.15, -0.1) is 0 Å². The summed E-state index contributed by atoms with van der Waals surface area (Å²) in [5.74, 6) is 2.47. The highest BCUT2D eigenvalue weighted by atomic mass is 15.1. The van der Waals surface area contributed by atoms with Gasteiger partial charge in [-0.1, -0.05) is 26.7 Å². The van der Waals surface area contributed by atoms with Gasteiger partial charge in [-0.3, -0.25) is 4.98 Å². The number of hydrogen-bond acceptors (Lipinski definition) is 4. The summed E-state index contributed by atoms with van der Waals surface area (Å²) in [6.45, 7) is 9.65. The molecule has 0 amide bonds. The quantitative estimate of drug-likeness (QED) is 0.741. The van der Waals surface area contributed by atoms with Crippen molar-refractivity contribution in [1.82, 2.24) is 9.97 Å². The van der Waals surface area contributed by atoms with Gasteiger partial charge in [-0.25, -0.2) is 4.98 Å². The van der Waals surface area contributed by atoms with Crippen molar-refractivity contribution in [3.63, 3.8) is 0 Å². The average molecular weight is 250 g/mol. The van der Waals surface area contributed by atoms with Crippen LogP contribution >= 0.6 is 0 Å². The summed E-state index contributed by atoms with van der Waals surface area (Å²) < 4.78 is 0. The first-order chi connectivity index (χ1) is 8.61. The van der Waals surface area contributed by atoms with E-state index in [4.69, 9.17) is 0 Å². The summed E-state index contributed by atoms with van der Waals surface area (Å²) in [5, 5.41) is 6.57. The molecule has 2 N–H and O–H groups in total. The summed E-state index contributed by atoms with van der Waals surface area (Å²) in [4.78, 5) is 8.64. The molecule has 0 radical (unpaired) electrons. The van der Waals surface area contributed by atoms with Crippen LogP contribution in [0, 0.1) is 5.92 Å². The third kappa shape index (κ3) is 5.84. The molecule has 0 saturated carbocycles. The summed E-state index contributed by atoms with van der Waals surface area (Å²) in [7, 11) is 0. The molecule has 0 aliphatic carbocycles. The standard InChI is InChI=1S/C14H26N4/c1-5-16-13-9-15-10-14(18-13)17-12(4)8-6-7-11(2)3/h9-12H,5-8H2,1-4H3,(H2,16,17,18). The molecular formula is C14H26N4. The minimum atomic E-state index is 0.440. The summed E-state index contributed by atoms with van der Waals surface area (Å²) in [5.41, 5.74) is 0. The van der Waals surface area contributed by atoms with Crippen LogP contribution in [0.1, 0.15) is 47.0 Å². The number of nitrogens with one attached hydrogen (secondary N) is 2. The van der Waals surface area contributed by atoms with Gasteiger partial charge in [0.05, 0.1) is 12.4 Å². The fourth-order valence-corrected chi connectivity index (χ4v) is 1.86. The lowest BCUT2D eigenvalue weighted by molar-refractivity contribution is 0.520. The predicted molar refractivity (Wildman–Crippen MR) is 78.0 cm³/mol. The minimum Gasteiger partial charge on any atom is -0.369 e. The molecule has 0 aromatic carbocycles. The van der Waals surface area contributed by atoms with E-state index in [0.717, 1.165) is 24.1 Å². The van der Waals surface area contributed by atoms with Gasteiger partial charge in [0.2, 0.25) is 0 Å². The number of rotatable bonds is 8. The van der Waals surface area contributed by atoms with E-state index in [2.05, 4.69) is 48.3 Å². The number of nitrogens with zero attached hydrogens (tertiary/aromatic N) is 2. The molecule has 4 nitrogen and oxygen atoms in total. The Hall–Kier alpha value is -1.32. The van der Waals surface area contributed by atoms with Gasteiger partial charge in [0, 0.05) is 12.6 Å². The molecule has 0 spiro atoms. The van der Waals surface area contributed by atoms with E-state index in [-0.39, 0.29) is 0 Å². The average Bonchev–Trinajstić information content (AvgIpc) is 2.29. The zero-order valence-electron chi connectivity index (χ0n) is 12.0. The van der Waals surface area contributed by atoms with Crippen molar-refractivity contribution in [2.24, 2.45) is 5.92 Å². The molecule has 1 unspecified atom stereocenters. The van der Waals surface area contributed by atoms with Gasteiger partial charge < -0.3 is 10.6 Å². The Morgan fingerprint density at radius 2 is 1.83 bits per heavy atom. The first-order valence-corrected chi connectivity index (χ1v) is 6.94. The predicted octanol–water partition coefficient (Wildman–Crippen LogP) is 3.54. The third-order valence-corrected chi connectivity index (χ3v) is 2.81. The first-order valence-electron chi connectivity index (χ1n) is 6.94. The van der Waals surface area contributed by atoms with Gasteiger partial charge in [-0.2, -0.15) is 0 Å². The van der Waals surface area contributed by atoms with Crippen LogP contribution < -0.4 is 10.6 Å². The Balaban J connectivity index is 2.38. The molecule has 4 heteroatoms. The van der Waals surface area contributed by atoms with Gasteiger partial charge in [0.15, 0.2) is 0 Å². The lowest BCUT2D eigenvalue weighted by Crippen LogP contribution is -2.16. The zero-order chi connectivity index (χ0) is 13.4. The zero-order valence-corrected chi connectivity index (χ0v) is 12.0. The number of aromatic nitrogens is 2. The van der Waals surface area contributed by atoms with E-state index in [1.54, 1.807) is 12.4 Å². The van der Waals surface area contributed by atoms with E-state index >= 15 is 0 Å². The van der Waals surface area contributed by atoms with Crippen molar-refractivity contribution in [3.05, 3.63) is 12.4 Å². The molecule has 1 aromatic heterocycles. The van der Waals surface area contributed by atoms with Crippen LogP contribution in [0.5, 0.6) is 0 Å². The van der Waals surface area contributed by atoms with Gasteiger partial charge in [0.25, 0.3) is 0 Å². The van der Waals surface area contributed by atoms with Gasteiger partial charge in [-0.05, 0) is 26.2 Å². The second-order valence-corrected chi connectivity index (χ2v) is 5.19. The fourth-order valence-electron chi connectivity index (χ4n) is 1.86. The smallest absolute Gasteiger partial charge is 0.147 e. The van der Waals surface area contributed by atoms with E-state index < -0.39 is 0 Å². The van der Waals surface area contributed by atoms with E-state index in [1.165, 1.54) is 19.3 Å². The molecule has 0 aliphatic heterocycles. The van der Waals surface area contributed by atoms with Crippen LogP contribution in [0.25, 0.3) is 0 Å². The Morgan fingerprint density at radius 1 is 1.11 bits per heavy atom. The Bertz CT molecular complexity index is 338. The monoisotopic (exact) mass is 250 g/mol. The lowest BCUT2D eigenvalue weighted by atomic mass is 10.0. The summed E-state index contributed by atoms with van der Waals surface area (Å²) >= 11 is 0. The van der Waals surface area contributed by atoms with Gasteiger partial charge in [0.1, 0.15) is 11.6 Å². The van der Waals surface area contributed by atoms with Crippen LogP contribution in [0.3, 0.4) is 0 Å². The summed E-state index contributed by atoms with van der Waals surface area (Å²) in [6, 6.07) is 0.440. The van der Waals surface area contributed by atoms with Crippen molar-refractivity contribution in [1.29, 1.82) is 0 Å². The molecule has 0 saturated heterocycles. The van der Waals surface area contributed by atoms with Crippen LogP contribution in [0.15, 0.2) is 12.4 Å². The second kappa shape index (κ2) is 7.90. The molecule has 0 fully saturated rings. The maximum absolute atomic E-state index is 4.46. The van der Waals surface area contributed by atoms with Crippen LogP contribution in [0.4, 0.5) is 11.6 Å². The highest BCUT2D eigenvalue weighted by Gasteiger charge is 2.04. The number of anilines is 2. The minimum absolute atomic E-state index is 0.440. The van der Waals surface area contributed by atoms with Crippen molar-refractivity contribution in [2.45, 2.75) is 53.0 Å². The highest BCUT2D eigenvalue weighted by Crippen LogP contribution is 2.12. The SMILES string of the molecule is CCNc1cncc(NC(C)CCCC(C)C)n1. The Labute approximate surface area is 111 Å². The third-order valence-electron chi connectivity index (χ3n) is 2.81. The maximum Gasteiger partial charge on any atom is 0.147 e.